The third-order valence-corrected chi connectivity index (χ3v) is 2.47. The van der Waals surface area contributed by atoms with Gasteiger partial charge in [0, 0.05) is 18.3 Å². The molecule has 1 amide bonds. The number of anilines is 1. The van der Waals surface area contributed by atoms with Crippen molar-refractivity contribution < 1.29 is 18.0 Å². The number of rotatable bonds is 2. The molecule has 0 saturated carbocycles. The largest absolute Gasteiger partial charge is 0.319 e. The van der Waals surface area contributed by atoms with Crippen molar-refractivity contribution >= 4 is 23.2 Å². The number of nitrogens with one attached hydrogen (secondary N) is 1. The summed E-state index contributed by atoms with van der Waals surface area (Å²) in [5.74, 6) is -4.38. The molecule has 0 saturated heterocycles. The van der Waals surface area contributed by atoms with Crippen molar-refractivity contribution in [3.63, 3.8) is 0 Å². The lowest BCUT2D eigenvalue weighted by Gasteiger charge is -2.06. The van der Waals surface area contributed by atoms with Crippen LogP contribution in [0.1, 0.15) is 10.4 Å². The highest BCUT2D eigenvalue weighted by atomic mass is 35.5. The predicted molar refractivity (Wildman–Crippen MR) is 63.5 cm³/mol. The van der Waals surface area contributed by atoms with Gasteiger partial charge in [0.1, 0.15) is 11.0 Å². The number of halogens is 4. The van der Waals surface area contributed by atoms with Crippen molar-refractivity contribution in [1.82, 2.24) is 4.98 Å². The van der Waals surface area contributed by atoms with Crippen LogP contribution < -0.4 is 5.32 Å². The molecule has 1 N–H and O–H groups in total. The maximum atomic E-state index is 13.3. The van der Waals surface area contributed by atoms with Gasteiger partial charge < -0.3 is 5.32 Å². The van der Waals surface area contributed by atoms with Crippen LogP contribution in [0.2, 0.25) is 5.15 Å². The van der Waals surface area contributed by atoms with Crippen molar-refractivity contribution in [2.45, 2.75) is 0 Å². The second-order valence-electron chi connectivity index (χ2n) is 3.57. The molecule has 98 valence electrons. The lowest BCUT2D eigenvalue weighted by atomic mass is 10.2. The van der Waals surface area contributed by atoms with E-state index >= 15 is 0 Å². The summed E-state index contributed by atoms with van der Waals surface area (Å²) in [5.41, 5.74) is -0.354. The van der Waals surface area contributed by atoms with Crippen LogP contribution in [0.15, 0.2) is 30.5 Å². The summed E-state index contributed by atoms with van der Waals surface area (Å²) in [7, 11) is 0. The van der Waals surface area contributed by atoms with Gasteiger partial charge in [-0.15, -0.1) is 0 Å². The molecule has 1 heterocycles. The topological polar surface area (TPSA) is 42.0 Å². The predicted octanol–water partition coefficient (Wildman–Crippen LogP) is 3.40. The Kier molecular flexibility index (Phi) is 3.71. The number of hydrogen-bond acceptors (Lipinski definition) is 2. The molecule has 0 aliphatic heterocycles. The fraction of sp³-hybridized carbons (Fsp3) is 0. The maximum Gasteiger partial charge on any atom is 0.257 e. The highest BCUT2D eigenvalue weighted by molar-refractivity contribution is 6.29. The van der Waals surface area contributed by atoms with E-state index in [1.54, 1.807) is 0 Å². The average Bonchev–Trinajstić information content (AvgIpc) is 2.36. The molecule has 7 heteroatoms. The summed E-state index contributed by atoms with van der Waals surface area (Å²) in [4.78, 5) is 15.4. The van der Waals surface area contributed by atoms with Crippen LogP contribution in [0.25, 0.3) is 0 Å². The van der Waals surface area contributed by atoms with Gasteiger partial charge in [0.25, 0.3) is 5.91 Å². The second kappa shape index (κ2) is 5.27. The zero-order chi connectivity index (χ0) is 14.0. The third-order valence-electron chi connectivity index (χ3n) is 2.25. The minimum atomic E-state index is -1.33. The highest BCUT2D eigenvalue weighted by Crippen LogP contribution is 2.19. The Labute approximate surface area is 111 Å². The molecule has 2 rings (SSSR count). The Morgan fingerprint density at radius 1 is 1.11 bits per heavy atom. The van der Waals surface area contributed by atoms with Gasteiger partial charge in [-0.3, -0.25) is 4.79 Å². The Morgan fingerprint density at radius 2 is 1.79 bits per heavy atom. The molecule has 3 nitrogen and oxygen atoms in total. The van der Waals surface area contributed by atoms with Crippen LogP contribution in [0, 0.1) is 17.5 Å². The molecule has 19 heavy (non-hydrogen) atoms. The van der Waals surface area contributed by atoms with Gasteiger partial charge in [-0.25, -0.2) is 18.2 Å². The Balaban J connectivity index is 2.24. The molecule has 0 unspecified atom stereocenters. The van der Waals surface area contributed by atoms with Crippen LogP contribution in [0.4, 0.5) is 18.9 Å². The van der Waals surface area contributed by atoms with Gasteiger partial charge in [0.05, 0.1) is 11.3 Å². The standard InChI is InChI=1S/C12H6ClF3N2O/c13-11-2-1-6(5-17-11)12(19)18-10-4-8(15)7(14)3-9(10)16/h1-5H,(H,18,19). The number of nitrogens with zero attached hydrogens (tertiary/aromatic N) is 1. The second-order valence-corrected chi connectivity index (χ2v) is 3.96. The summed E-state index contributed by atoms with van der Waals surface area (Å²) >= 11 is 5.55. The van der Waals surface area contributed by atoms with Crippen molar-refractivity contribution in [2.75, 3.05) is 5.32 Å². The van der Waals surface area contributed by atoms with E-state index in [0.29, 0.717) is 12.1 Å². The molecule has 0 radical (unpaired) electrons. The van der Waals surface area contributed by atoms with Gasteiger partial charge in [0.2, 0.25) is 0 Å². The zero-order valence-electron chi connectivity index (χ0n) is 9.25. The first-order chi connectivity index (χ1) is 8.97. The molecular formula is C12H6ClF3N2O. The number of pyridine rings is 1. The Hall–Kier alpha value is -2.08. The smallest absolute Gasteiger partial charge is 0.257 e. The van der Waals surface area contributed by atoms with E-state index in [2.05, 4.69) is 10.3 Å². The fourth-order valence-corrected chi connectivity index (χ4v) is 1.43. The lowest BCUT2D eigenvalue weighted by molar-refractivity contribution is 0.102. The molecule has 0 aliphatic rings. The maximum absolute atomic E-state index is 13.3. The van der Waals surface area contributed by atoms with Gasteiger partial charge in [-0.05, 0) is 12.1 Å². The van der Waals surface area contributed by atoms with Gasteiger partial charge in [-0.2, -0.15) is 0 Å². The Bertz CT molecular complexity index is 632. The lowest BCUT2D eigenvalue weighted by Crippen LogP contribution is -2.13. The van der Waals surface area contributed by atoms with Crippen LogP contribution in [-0.2, 0) is 0 Å². The summed E-state index contributed by atoms with van der Waals surface area (Å²) < 4.78 is 39.0. The van der Waals surface area contributed by atoms with E-state index in [1.807, 2.05) is 0 Å². The summed E-state index contributed by atoms with van der Waals surface area (Å²) in [6.07, 6.45) is 1.18. The first kappa shape index (κ1) is 13.4. The first-order valence-corrected chi connectivity index (χ1v) is 5.42. The van der Waals surface area contributed by atoms with Crippen molar-refractivity contribution in [1.29, 1.82) is 0 Å². The highest BCUT2D eigenvalue weighted by Gasteiger charge is 2.13. The molecule has 0 bridgehead atoms. The molecule has 0 spiro atoms. The van der Waals surface area contributed by atoms with E-state index in [-0.39, 0.29) is 10.7 Å². The van der Waals surface area contributed by atoms with E-state index in [9.17, 15) is 18.0 Å². The quantitative estimate of drug-likeness (QED) is 0.679. The summed E-state index contributed by atoms with van der Waals surface area (Å²) in [5, 5.41) is 2.30. The summed E-state index contributed by atoms with van der Waals surface area (Å²) in [6, 6.07) is 3.65. The monoisotopic (exact) mass is 286 g/mol. The van der Waals surface area contributed by atoms with Crippen LogP contribution in [0.5, 0.6) is 0 Å². The van der Waals surface area contributed by atoms with Crippen molar-refractivity contribution in [3.05, 3.63) is 58.6 Å². The van der Waals surface area contributed by atoms with Crippen LogP contribution >= 0.6 is 11.6 Å². The van der Waals surface area contributed by atoms with Crippen LogP contribution in [-0.4, -0.2) is 10.9 Å². The molecule has 1 aromatic heterocycles. The van der Waals surface area contributed by atoms with Gasteiger partial charge in [0.15, 0.2) is 11.6 Å². The number of carbonyl (C=O) groups excluding carboxylic acids is 1. The Morgan fingerprint density at radius 3 is 2.42 bits per heavy atom. The molecule has 0 aliphatic carbocycles. The minimum Gasteiger partial charge on any atom is -0.319 e. The molecule has 0 fully saturated rings. The molecule has 0 atom stereocenters. The van der Waals surface area contributed by atoms with Crippen LogP contribution in [0.3, 0.4) is 0 Å². The van der Waals surface area contributed by atoms with E-state index in [4.69, 9.17) is 11.6 Å². The van der Waals surface area contributed by atoms with E-state index < -0.39 is 29.0 Å². The molecule has 1 aromatic carbocycles. The van der Waals surface area contributed by atoms with Crippen molar-refractivity contribution in [3.8, 4) is 0 Å². The minimum absolute atomic E-state index is 0.105. The number of amides is 1. The average molecular weight is 287 g/mol. The summed E-state index contributed by atoms with van der Waals surface area (Å²) in [6.45, 7) is 0. The SMILES string of the molecule is O=C(Nc1cc(F)c(F)cc1F)c1ccc(Cl)nc1. The van der Waals surface area contributed by atoms with E-state index in [0.717, 1.165) is 0 Å². The number of hydrogen-bond donors (Lipinski definition) is 1. The normalized spacial score (nSPS) is 10.3. The van der Waals surface area contributed by atoms with Gasteiger partial charge >= 0.3 is 0 Å². The fourth-order valence-electron chi connectivity index (χ4n) is 1.32. The first-order valence-electron chi connectivity index (χ1n) is 5.05. The molecular weight excluding hydrogens is 281 g/mol. The zero-order valence-corrected chi connectivity index (χ0v) is 10.0. The van der Waals surface area contributed by atoms with Crippen molar-refractivity contribution in [2.24, 2.45) is 0 Å². The number of carbonyl (C=O) groups is 1. The third kappa shape index (κ3) is 3.03. The van der Waals surface area contributed by atoms with Gasteiger partial charge in [-0.1, -0.05) is 11.6 Å². The molecule has 2 aromatic rings. The number of aromatic nitrogens is 1. The number of benzene rings is 1. The van der Waals surface area contributed by atoms with E-state index in [1.165, 1.54) is 18.3 Å².